The second kappa shape index (κ2) is 14.5. The van der Waals surface area contributed by atoms with Gasteiger partial charge in [0.2, 0.25) is 0 Å². The summed E-state index contributed by atoms with van der Waals surface area (Å²) in [6.07, 6.45) is 11.0. The second-order valence-electron chi connectivity index (χ2n) is 7.03. The highest BCUT2D eigenvalue weighted by Gasteiger charge is 2.12. The van der Waals surface area contributed by atoms with Crippen molar-refractivity contribution in [3.63, 3.8) is 0 Å². The van der Waals surface area contributed by atoms with Gasteiger partial charge in [0.25, 0.3) is 0 Å². The Morgan fingerprint density at radius 2 is 1.46 bits per heavy atom. The summed E-state index contributed by atoms with van der Waals surface area (Å²) in [4.78, 5) is 0. The molecule has 0 aromatic heterocycles. The van der Waals surface area contributed by atoms with Gasteiger partial charge in [-0.1, -0.05) is 89.1 Å². The van der Waals surface area contributed by atoms with E-state index in [-0.39, 0.29) is 6.10 Å². The van der Waals surface area contributed by atoms with Crippen molar-refractivity contribution in [2.75, 3.05) is 13.2 Å². The standard InChI is InChI=1S/C22H38O2/c1-4-5-6-7-8-9-10-14-17-23-18-20(2)21(3)24-19-22-15-12-11-13-16-22/h11-13,15-16,20-21H,4-10,14,17-19H2,1-3H3/t20-,21-/m0/s1. The molecule has 0 unspecified atom stereocenters. The van der Waals surface area contributed by atoms with E-state index in [2.05, 4.69) is 45.0 Å². The van der Waals surface area contributed by atoms with Gasteiger partial charge in [-0.3, -0.25) is 0 Å². The largest absolute Gasteiger partial charge is 0.381 e. The van der Waals surface area contributed by atoms with Crippen LogP contribution in [0.3, 0.4) is 0 Å². The maximum atomic E-state index is 5.95. The first kappa shape index (κ1) is 21.2. The molecule has 0 amide bonds. The molecule has 1 aromatic carbocycles. The Hall–Kier alpha value is -0.860. The van der Waals surface area contributed by atoms with Crippen molar-refractivity contribution in [3.8, 4) is 0 Å². The molecule has 0 radical (unpaired) electrons. The van der Waals surface area contributed by atoms with Crippen LogP contribution < -0.4 is 0 Å². The monoisotopic (exact) mass is 334 g/mol. The molecule has 0 N–H and O–H groups in total. The average molecular weight is 335 g/mol. The Morgan fingerprint density at radius 1 is 0.833 bits per heavy atom. The summed E-state index contributed by atoms with van der Waals surface area (Å²) in [7, 11) is 0. The maximum Gasteiger partial charge on any atom is 0.0720 e. The number of ether oxygens (including phenoxy) is 2. The van der Waals surface area contributed by atoms with Gasteiger partial charge in [-0.05, 0) is 18.9 Å². The van der Waals surface area contributed by atoms with Gasteiger partial charge in [-0.25, -0.2) is 0 Å². The molecule has 0 saturated heterocycles. The molecule has 0 fully saturated rings. The van der Waals surface area contributed by atoms with E-state index >= 15 is 0 Å². The number of hydrogen-bond donors (Lipinski definition) is 0. The molecule has 1 aromatic rings. The van der Waals surface area contributed by atoms with Crippen LogP contribution in [0.25, 0.3) is 0 Å². The molecule has 0 spiro atoms. The Bertz CT molecular complexity index is 377. The van der Waals surface area contributed by atoms with Gasteiger partial charge in [0.05, 0.1) is 19.3 Å². The predicted molar refractivity (Wildman–Crippen MR) is 103 cm³/mol. The summed E-state index contributed by atoms with van der Waals surface area (Å²) in [5.41, 5.74) is 1.23. The summed E-state index contributed by atoms with van der Waals surface area (Å²) in [6, 6.07) is 10.4. The molecule has 2 atom stereocenters. The van der Waals surface area contributed by atoms with Crippen molar-refractivity contribution in [2.45, 2.75) is 84.8 Å². The van der Waals surface area contributed by atoms with Gasteiger partial charge in [-0.2, -0.15) is 0 Å². The molecule has 2 heteroatoms. The highest BCUT2D eigenvalue weighted by molar-refractivity contribution is 5.13. The zero-order valence-electron chi connectivity index (χ0n) is 16.1. The number of benzene rings is 1. The van der Waals surface area contributed by atoms with E-state index in [1.807, 2.05) is 6.07 Å². The van der Waals surface area contributed by atoms with Gasteiger partial charge in [-0.15, -0.1) is 0 Å². The van der Waals surface area contributed by atoms with Crippen LogP contribution in [0.4, 0.5) is 0 Å². The molecule has 24 heavy (non-hydrogen) atoms. The molecular formula is C22H38O2. The van der Waals surface area contributed by atoms with Crippen molar-refractivity contribution >= 4 is 0 Å². The first-order chi connectivity index (χ1) is 11.7. The summed E-state index contributed by atoms with van der Waals surface area (Å²) >= 11 is 0. The minimum atomic E-state index is 0.226. The minimum Gasteiger partial charge on any atom is -0.381 e. The van der Waals surface area contributed by atoms with Gasteiger partial charge in [0.1, 0.15) is 0 Å². The predicted octanol–water partition coefficient (Wildman–Crippen LogP) is 6.39. The molecule has 0 bridgehead atoms. The fraction of sp³-hybridized carbons (Fsp3) is 0.727. The lowest BCUT2D eigenvalue weighted by Gasteiger charge is -2.20. The van der Waals surface area contributed by atoms with Crippen molar-refractivity contribution < 1.29 is 9.47 Å². The first-order valence-corrected chi connectivity index (χ1v) is 9.97. The maximum absolute atomic E-state index is 5.95. The van der Waals surface area contributed by atoms with E-state index in [9.17, 15) is 0 Å². The molecule has 0 heterocycles. The van der Waals surface area contributed by atoms with E-state index in [0.717, 1.165) is 13.2 Å². The zero-order chi connectivity index (χ0) is 17.5. The Morgan fingerprint density at radius 3 is 2.12 bits per heavy atom. The molecule has 0 aliphatic rings. The highest BCUT2D eigenvalue weighted by atomic mass is 16.5. The fourth-order valence-corrected chi connectivity index (χ4v) is 2.71. The van der Waals surface area contributed by atoms with Crippen LogP contribution in [0.2, 0.25) is 0 Å². The molecule has 1 rings (SSSR count). The van der Waals surface area contributed by atoms with Gasteiger partial charge in [0, 0.05) is 12.5 Å². The quantitative estimate of drug-likeness (QED) is 0.346. The third-order valence-corrected chi connectivity index (χ3v) is 4.68. The number of hydrogen-bond acceptors (Lipinski definition) is 2. The summed E-state index contributed by atoms with van der Waals surface area (Å²) in [5, 5.41) is 0. The second-order valence-corrected chi connectivity index (χ2v) is 7.03. The van der Waals surface area contributed by atoms with E-state index in [0.29, 0.717) is 12.5 Å². The summed E-state index contributed by atoms with van der Waals surface area (Å²) in [5.74, 6) is 0.433. The highest BCUT2D eigenvalue weighted by Crippen LogP contribution is 2.12. The molecule has 2 nitrogen and oxygen atoms in total. The molecule has 138 valence electrons. The third kappa shape index (κ3) is 10.8. The van der Waals surface area contributed by atoms with Crippen molar-refractivity contribution in [3.05, 3.63) is 35.9 Å². The van der Waals surface area contributed by atoms with Crippen molar-refractivity contribution in [2.24, 2.45) is 5.92 Å². The van der Waals surface area contributed by atoms with Crippen LogP contribution in [0, 0.1) is 5.92 Å². The molecular weight excluding hydrogens is 296 g/mol. The minimum absolute atomic E-state index is 0.226. The van der Waals surface area contributed by atoms with Crippen LogP contribution >= 0.6 is 0 Å². The zero-order valence-corrected chi connectivity index (χ0v) is 16.1. The Kier molecular flexibility index (Phi) is 12.8. The van der Waals surface area contributed by atoms with Crippen LogP contribution in [0.15, 0.2) is 30.3 Å². The van der Waals surface area contributed by atoms with E-state index in [1.54, 1.807) is 0 Å². The lowest BCUT2D eigenvalue weighted by molar-refractivity contribution is -0.0153. The van der Waals surface area contributed by atoms with Gasteiger partial charge in [0.15, 0.2) is 0 Å². The number of rotatable bonds is 15. The lowest BCUT2D eigenvalue weighted by Crippen LogP contribution is -2.22. The summed E-state index contributed by atoms with van der Waals surface area (Å²) in [6.45, 7) is 9.00. The molecule has 0 aliphatic heterocycles. The Labute approximate surface area is 149 Å². The SMILES string of the molecule is CCCCCCCCCCOC[C@H](C)[C@H](C)OCc1ccccc1. The molecule has 0 saturated carbocycles. The van der Waals surface area contributed by atoms with Crippen LogP contribution in [-0.2, 0) is 16.1 Å². The van der Waals surface area contributed by atoms with Crippen molar-refractivity contribution in [1.29, 1.82) is 0 Å². The van der Waals surface area contributed by atoms with Crippen LogP contribution in [0.1, 0.15) is 77.7 Å². The smallest absolute Gasteiger partial charge is 0.0720 e. The fourth-order valence-electron chi connectivity index (χ4n) is 2.71. The first-order valence-electron chi connectivity index (χ1n) is 9.97. The van der Waals surface area contributed by atoms with E-state index in [4.69, 9.17) is 9.47 Å². The lowest BCUT2D eigenvalue weighted by atomic mass is 10.1. The summed E-state index contributed by atoms with van der Waals surface area (Å²) < 4.78 is 11.8. The van der Waals surface area contributed by atoms with Crippen LogP contribution in [-0.4, -0.2) is 19.3 Å². The normalized spacial score (nSPS) is 13.8. The topological polar surface area (TPSA) is 18.5 Å². The van der Waals surface area contributed by atoms with E-state index < -0.39 is 0 Å². The van der Waals surface area contributed by atoms with Gasteiger partial charge < -0.3 is 9.47 Å². The number of unbranched alkanes of at least 4 members (excludes halogenated alkanes) is 7. The molecule has 0 aliphatic carbocycles. The Balaban J connectivity index is 1.94. The third-order valence-electron chi connectivity index (χ3n) is 4.68. The average Bonchev–Trinajstić information content (AvgIpc) is 2.62. The van der Waals surface area contributed by atoms with E-state index in [1.165, 1.54) is 56.9 Å². The van der Waals surface area contributed by atoms with Crippen LogP contribution in [0.5, 0.6) is 0 Å². The van der Waals surface area contributed by atoms with Gasteiger partial charge >= 0.3 is 0 Å². The van der Waals surface area contributed by atoms with Crippen molar-refractivity contribution in [1.82, 2.24) is 0 Å².